The van der Waals surface area contributed by atoms with Crippen LogP contribution < -0.4 is 4.74 Å². The first-order chi connectivity index (χ1) is 13.9. The van der Waals surface area contributed by atoms with E-state index in [1.54, 1.807) is 19.1 Å². The Labute approximate surface area is 173 Å². The molecular formula is C21H17ClN2O4S. The fourth-order valence-electron chi connectivity index (χ4n) is 3.42. The highest BCUT2D eigenvalue weighted by atomic mass is 35.5. The molecule has 0 saturated carbocycles. The van der Waals surface area contributed by atoms with Gasteiger partial charge >= 0.3 is 0 Å². The van der Waals surface area contributed by atoms with Crippen molar-refractivity contribution in [1.82, 2.24) is 9.97 Å². The van der Waals surface area contributed by atoms with Gasteiger partial charge in [-0.05, 0) is 24.1 Å². The van der Waals surface area contributed by atoms with Crippen LogP contribution in [-0.2, 0) is 22.2 Å². The Morgan fingerprint density at radius 1 is 1.10 bits per heavy atom. The Kier molecular flexibility index (Phi) is 5.10. The highest BCUT2D eigenvalue weighted by Gasteiger charge is 2.44. The van der Waals surface area contributed by atoms with E-state index < -0.39 is 20.9 Å². The molecule has 4 rings (SSSR count). The molecule has 1 unspecified atom stereocenters. The van der Waals surface area contributed by atoms with Crippen LogP contribution in [0.5, 0.6) is 5.75 Å². The zero-order chi connectivity index (χ0) is 20.6. The largest absolute Gasteiger partial charge is 0.487 e. The van der Waals surface area contributed by atoms with Crippen molar-refractivity contribution >= 4 is 27.2 Å². The zero-order valence-corrected chi connectivity index (χ0v) is 17.1. The van der Waals surface area contributed by atoms with Crippen LogP contribution in [-0.4, -0.2) is 24.2 Å². The number of nitrogens with zero attached hydrogens (tertiary/aromatic N) is 2. The number of carbonyl (C=O) groups is 1. The third-order valence-electron chi connectivity index (χ3n) is 4.80. The first kappa shape index (κ1) is 19.5. The Morgan fingerprint density at radius 3 is 2.59 bits per heavy atom. The second-order valence-electron chi connectivity index (χ2n) is 6.78. The molecule has 0 fully saturated rings. The van der Waals surface area contributed by atoms with E-state index in [4.69, 9.17) is 16.3 Å². The number of hydrogen-bond acceptors (Lipinski definition) is 6. The van der Waals surface area contributed by atoms with E-state index in [2.05, 4.69) is 9.97 Å². The van der Waals surface area contributed by atoms with Crippen molar-refractivity contribution in [1.29, 1.82) is 0 Å². The minimum Gasteiger partial charge on any atom is -0.487 e. The lowest BCUT2D eigenvalue weighted by atomic mass is 9.99. The zero-order valence-electron chi connectivity index (χ0n) is 15.5. The van der Waals surface area contributed by atoms with Crippen molar-refractivity contribution in [2.75, 3.05) is 0 Å². The normalized spacial score (nSPS) is 17.6. The summed E-state index contributed by atoms with van der Waals surface area (Å²) < 4.78 is 32.0. The van der Waals surface area contributed by atoms with Gasteiger partial charge in [-0.1, -0.05) is 48.0 Å². The van der Waals surface area contributed by atoms with Gasteiger partial charge in [-0.15, -0.1) is 0 Å². The summed E-state index contributed by atoms with van der Waals surface area (Å²) in [5, 5.41) is -1.19. The lowest BCUT2D eigenvalue weighted by Crippen LogP contribution is -2.32. The lowest BCUT2D eigenvalue weighted by molar-refractivity contribution is 0.0976. The van der Waals surface area contributed by atoms with Gasteiger partial charge in [0.15, 0.2) is 15.1 Å². The maximum Gasteiger partial charge on any atom is 0.205 e. The first-order valence-electron chi connectivity index (χ1n) is 8.90. The molecule has 0 spiro atoms. The van der Waals surface area contributed by atoms with Crippen LogP contribution in [0.25, 0.3) is 0 Å². The van der Waals surface area contributed by atoms with Gasteiger partial charge in [0.2, 0.25) is 5.78 Å². The van der Waals surface area contributed by atoms with Crippen LogP contribution in [0.1, 0.15) is 38.1 Å². The van der Waals surface area contributed by atoms with E-state index in [0.29, 0.717) is 5.56 Å². The van der Waals surface area contributed by atoms with Gasteiger partial charge in [-0.2, -0.15) is 0 Å². The summed E-state index contributed by atoms with van der Waals surface area (Å²) in [7, 11) is -3.87. The van der Waals surface area contributed by atoms with Crippen LogP contribution in [0.2, 0.25) is 5.02 Å². The number of ether oxygens (including phenoxy) is 1. The Bertz CT molecular complexity index is 1200. The molecule has 6 nitrogen and oxygen atoms in total. The van der Waals surface area contributed by atoms with Crippen LogP contribution in [0, 0.1) is 6.92 Å². The number of sulfone groups is 1. The second kappa shape index (κ2) is 7.57. The Balaban J connectivity index is 1.82. The van der Waals surface area contributed by atoms with Crippen molar-refractivity contribution in [3.63, 3.8) is 0 Å². The topological polar surface area (TPSA) is 86.2 Å². The molecule has 0 aliphatic carbocycles. The molecule has 0 bridgehead atoms. The number of Topliss-reactive ketones (excluding diaryl/α,β-unsaturated/α-hetero) is 1. The predicted molar refractivity (Wildman–Crippen MR) is 109 cm³/mol. The van der Waals surface area contributed by atoms with E-state index in [1.807, 2.05) is 30.3 Å². The van der Waals surface area contributed by atoms with Crippen LogP contribution >= 0.6 is 11.6 Å². The summed E-state index contributed by atoms with van der Waals surface area (Å²) in [6.07, 6.45) is 2.75. The van der Waals surface area contributed by atoms with Gasteiger partial charge in [0.1, 0.15) is 18.1 Å². The van der Waals surface area contributed by atoms with Crippen molar-refractivity contribution in [3.8, 4) is 5.75 Å². The summed E-state index contributed by atoms with van der Waals surface area (Å²) in [4.78, 5) is 21.2. The van der Waals surface area contributed by atoms with Crippen molar-refractivity contribution < 1.29 is 17.9 Å². The van der Waals surface area contributed by atoms with Gasteiger partial charge in [0, 0.05) is 18.0 Å². The SMILES string of the molecule is Cc1ccc(Cl)c(OCc2ccccc2)c1C1C(=O)c2nccnc2CS1(=O)=O. The average Bonchev–Trinajstić information content (AvgIpc) is 2.70. The molecule has 0 amide bonds. The average molecular weight is 429 g/mol. The highest BCUT2D eigenvalue weighted by Crippen LogP contribution is 2.43. The van der Waals surface area contributed by atoms with Gasteiger partial charge < -0.3 is 4.74 Å². The molecule has 0 N–H and O–H groups in total. The number of halogens is 1. The smallest absolute Gasteiger partial charge is 0.205 e. The fraction of sp³-hybridized carbons (Fsp3) is 0.190. The molecule has 1 aliphatic heterocycles. The summed E-state index contributed by atoms with van der Waals surface area (Å²) in [5.74, 6) is -0.782. The number of fused-ring (bicyclic) bond motifs is 1. The second-order valence-corrected chi connectivity index (χ2v) is 9.28. The van der Waals surface area contributed by atoms with Crippen LogP contribution in [0.15, 0.2) is 54.9 Å². The lowest BCUT2D eigenvalue weighted by Gasteiger charge is -2.26. The quantitative estimate of drug-likeness (QED) is 0.627. The molecule has 148 valence electrons. The molecule has 0 radical (unpaired) electrons. The summed E-state index contributed by atoms with van der Waals surface area (Å²) in [5.41, 5.74) is 1.99. The highest BCUT2D eigenvalue weighted by molar-refractivity contribution is 7.91. The molecular weight excluding hydrogens is 412 g/mol. The van der Waals surface area contributed by atoms with Gasteiger partial charge in [-0.25, -0.2) is 13.4 Å². The van der Waals surface area contributed by atoms with Gasteiger partial charge in [0.25, 0.3) is 0 Å². The number of benzene rings is 2. The molecule has 1 aliphatic rings. The summed E-state index contributed by atoms with van der Waals surface area (Å²) in [6.45, 7) is 1.92. The van der Waals surface area contributed by atoms with Crippen LogP contribution in [0.3, 0.4) is 0 Å². The van der Waals surface area contributed by atoms with Gasteiger partial charge in [0.05, 0.1) is 16.5 Å². The predicted octanol–water partition coefficient (Wildman–Crippen LogP) is 3.87. The number of ketones is 1. The Morgan fingerprint density at radius 2 is 1.83 bits per heavy atom. The first-order valence-corrected chi connectivity index (χ1v) is 11.0. The Hall–Kier alpha value is -2.77. The number of carbonyl (C=O) groups excluding carboxylic acids is 1. The molecule has 29 heavy (non-hydrogen) atoms. The monoisotopic (exact) mass is 428 g/mol. The van der Waals surface area contributed by atoms with E-state index in [9.17, 15) is 13.2 Å². The molecule has 1 aromatic heterocycles. The molecule has 3 aromatic rings. The maximum atomic E-state index is 13.1. The summed E-state index contributed by atoms with van der Waals surface area (Å²) in [6, 6.07) is 12.7. The number of aromatic nitrogens is 2. The van der Waals surface area contributed by atoms with E-state index >= 15 is 0 Å². The standard InChI is InChI=1S/C21H17ClN2O4S/c1-13-7-8-15(22)20(28-11-14-5-3-2-4-6-14)17(13)21-19(25)18-16(12-29(21,26)27)23-9-10-24-18/h2-10,21H,11-12H2,1H3. The van der Waals surface area contributed by atoms with Crippen molar-refractivity contribution in [2.24, 2.45) is 0 Å². The van der Waals surface area contributed by atoms with Gasteiger partial charge in [-0.3, -0.25) is 9.78 Å². The van der Waals surface area contributed by atoms with E-state index in [-0.39, 0.29) is 40.1 Å². The molecule has 8 heteroatoms. The third-order valence-corrected chi connectivity index (χ3v) is 6.94. The number of aryl methyl sites for hydroxylation is 1. The number of hydrogen-bond donors (Lipinski definition) is 0. The van der Waals surface area contributed by atoms with Crippen molar-refractivity contribution in [2.45, 2.75) is 24.5 Å². The maximum absolute atomic E-state index is 13.1. The van der Waals surface area contributed by atoms with E-state index in [1.165, 1.54) is 12.4 Å². The molecule has 1 atom stereocenters. The molecule has 0 saturated heterocycles. The third kappa shape index (κ3) is 3.63. The molecule has 2 heterocycles. The summed E-state index contributed by atoms with van der Waals surface area (Å²) >= 11 is 6.37. The van der Waals surface area contributed by atoms with E-state index in [0.717, 1.165) is 5.56 Å². The molecule has 2 aromatic carbocycles. The van der Waals surface area contributed by atoms with Crippen LogP contribution in [0.4, 0.5) is 0 Å². The minimum absolute atomic E-state index is 0.0701. The number of rotatable bonds is 4. The fourth-order valence-corrected chi connectivity index (χ4v) is 5.49. The minimum atomic E-state index is -3.87. The van der Waals surface area contributed by atoms with Crippen molar-refractivity contribution in [3.05, 3.63) is 88.0 Å².